The van der Waals surface area contributed by atoms with Crippen molar-refractivity contribution in [2.24, 2.45) is 0 Å². The molecule has 1 aliphatic heterocycles. The van der Waals surface area contributed by atoms with E-state index in [1.54, 1.807) is 46.0 Å². The molecule has 0 unspecified atom stereocenters. The largest absolute Gasteiger partial charge is 0.337 e. The number of amides is 2. The number of nitrogens with one attached hydrogen (secondary N) is 1. The van der Waals surface area contributed by atoms with Gasteiger partial charge in [-0.25, -0.2) is 0 Å². The van der Waals surface area contributed by atoms with Gasteiger partial charge < -0.3 is 14.8 Å². The Labute approximate surface area is 173 Å². The number of benzene rings is 2. The Balaban J connectivity index is 1.58. The van der Waals surface area contributed by atoms with Gasteiger partial charge in [0.25, 0.3) is 11.7 Å². The molecule has 0 spiro atoms. The number of carbonyl (C=O) groups excluding carboxylic acids is 3. The first kappa shape index (κ1) is 19.2. The maximum atomic E-state index is 12.9. The zero-order valence-electron chi connectivity index (χ0n) is 15.7. The molecule has 3 aromatic rings. The molecule has 2 amide bonds. The number of carbonyl (C=O) groups is 3. The Bertz CT molecular complexity index is 1080. The van der Waals surface area contributed by atoms with Crippen LogP contribution in [0.1, 0.15) is 23.2 Å². The molecule has 2 heterocycles. The molecule has 2 aromatic carbocycles. The van der Waals surface area contributed by atoms with E-state index in [4.69, 9.17) is 11.6 Å². The monoisotopic (exact) mass is 409 g/mol. The van der Waals surface area contributed by atoms with Crippen LogP contribution < -0.4 is 5.32 Å². The molecule has 1 aromatic heterocycles. The highest BCUT2D eigenvalue weighted by atomic mass is 35.5. The highest BCUT2D eigenvalue weighted by Gasteiger charge is 2.28. The standard InChI is InChI=1S/C22H20ClN3O3/c23-15-7-9-16(10-8-15)24-20(27)14-26-13-18(17-5-1-2-6-19(17)26)21(28)22(29)25-11-3-4-12-25/h1-2,5-10,13H,3-4,11-12,14H2,(H,24,27). The molecule has 4 rings (SSSR count). The second-order valence-electron chi connectivity index (χ2n) is 7.07. The van der Waals surface area contributed by atoms with Crippen LogP contribution in [0.15, 0.2) is 54.7 Å². The van der Waals surface area contributed by atoms with E-state index < -0.39 is 11.7 Å². The summed E-state index contributed by atoms with van der Waals surface area (Å²) in [6.07, 6.45) is 3.44. The van der Waals surface area contributed by atoms with E-state index in [0.717, 1.165) is 18.4 Å². The summed E-state index contributed by atoms with van der Waals surface area (Å²) < 4.78 is 1.70. The summed E-state index contributed by atoms with van der Waals surface area (Å²) in [6.45, 7) is 1.26. The summed E-state index contributed by atoms with van der Waals surface area (Å²) in [5.74, 6) is -1.24. The number of rotatable bonds is 5. The Morgan fingerprint density at radius 1 is 0.966 bits per heavy atom. The zero-order chi connectivity index (χ0) is 20.4. The fourth-order valence-electron chi connectivity index (χ4n) is 3.63. The molecule has 0 atom stereocenters. The van der Waals surface area contributed by atoms with Crippen LogP contribution in [-0.2, 0) is 16.1 Å². The SMILES string of the molecule is O=C(Cn1cc(C(=O)C(=O)N2CCCC2)c2ccccc21)Nc1ccc(Cl)cc1. The number of nitrogens with zero attached hydrogens (tertiary/aromatic N) is 2. The van der Waals surface area contributed by atoms with Gasteiger partial charge in [0.2, 0.25) is 5.91 Å². The molecule has 0 bridgehead atoms. The highest BCUT2D eigenvalue weighted by molar-refractivity contribution is 6.45. The maximum absolute atomic E-state index is 12.9. The molecule has 1 fully saturated rings. The van der Waals surface area contributed by atoms with Crippen molar-refractivity contribution < 1.29 is 14.4 Å². The van der Waals surface area contributed by atoms with Crippen molar-refractivity contribution in [1.82, 2.24) is 9.47 Å². The lowest BCUT2D eigenvalue weighted by molar-refractivity contribution is -0.125. The first-order valence-electron chi connectivity index (χ1n) is 9.50. The van der Waals surface area contributed by atoms with Crippen LogP contribution in [0.25, 0.3) is 10.9 Å². The molecule has 0 aliphatic carbocycles. The van der Waals surface area contributed by atoms with Gasteiger partial charge >= 0.3 is 0 Å². The Morgan fingerprint density at radius 2 is 1.66 bits per heavy atom. The maximum Gasteiger partial charge on any atom is 0.295 e. The zero-order valence-corrected chi connectivity index (χ0v) is 16.5. The first-order valence-corrected chi connectivity index (χ1v) is 9.87. The Hall–Kier alpha value is -3.12. The molecular weight excluding hydrogens is 390 g/mol. The van der Waals surface area contributed by atoms with Crippen LogP contribution in [0, 0.1) is 0 Å². The van der Waals surface area contributed by atoms with Crippen molar-refractivity contribution in [3.8, 4) is 0 Å². The summed E-state index contributed by atoms with van der Waals surface area (Å²) in [7, 11) is 0. The highest BCUT2D eigenvalue weighted by Crippen LogP contribution is 2.23. The average molecular weight is 410 g/mol. The van der Waals surface area contributed by atoms with E-state index in [1.807, 2.05) is 18.2 Å². The summed E-state index contributed by atoms with van der Waals surface area (Å²) in [5, 5.41) is 4.07. The minimum Gasteiger partial charge on any atom is -0.337 e. The molecule has 1 aliphatic rings. The van der Waals surface area contributed by atoms with Gasteiger partial charge in [0.1, 0.15) is 6.54 Å². The van der Waals surface area contributed by atoms with Gasteiger partial charge in [0.05, 0.1) is 5.56 Å². The van der Waals surface area contributed by atoms with Crippen molar-refractivity contribution in [1.29, 1.82) is 0 Å². The predicted octanol–water partition coefficient (Wildman–Crippen LogP) is 3.74. The topological polar surface area (TPSA) is 71.4 Å². The van der Waals surface area contributed by atoms with Crippen LogP contribution in [0.3, 0.4) is 0 Å². The van der Waals surface area contributed by atoms with E-state index in [0.29, 0.717) is 34.7 Å². The summed E-state index contributed by atoms with van der Waals surface area (Å²) in [5.41, 5.74) is 1.70. The number of ketones is 1. The number of likely N-dealkylation sites (tertiary alicyclic amines) is 1. The number of anilines is 1. The van der Waals surface area contributed by atoms with Crippen molar-refractivity contribution in [3.63, 3.8) is 0 Å². The van der Waals surface area contributed by atoms with Crippen molar-refractivity contribution in [2.75, 3.05) is 18.4 Å². The number of aromatic nitrogens is 1. The second-order valence-corrected chi connectivity index (χ2v) is 7.51. The van der Waals surface area contributed by atoms with Crippen LogP contribution in [0.2, 0.25) is 5.02 Å². The molecule has 1 saturated heterocycles. The fraction of sp³-hybridized carbons (Fsp3) is 0.227. The minimum absolute atomic E-state index is 0.0221. The number of fused-ring (bicyclic) bond motifs is 1. The summed E-state index contributed by atoms with van der Waals surface area (Å²) in [4.78, 5) is 39.5. The molecule has 7 heteroatoms. The van der Waals surface area contributed by atoms with Crippen molar-refractivity contribution >= 4 is 45.8 Å². The van der Waals surface area contributed by atoms with E-state index in [1.165, 1.54) is 0 Å². The van der Waals surface area contributed by atoms with Crippen LogP contribution >= 0.6 is 11.6 Å². The van der Waals surface area contributed by atoms with Gasteiger partial charge in [0, 0.05) is 40.9 Å². The molecular formula is C22H20ClN3O3. The third kappa shape index (κ3) is 4.03. The molecule has 1 N–H and O–H groups in total. The minimum atomic E-state index is -0.528. The Kier molecular flexibility index (Phi) is 5.36. The van der Waals surface area contributed by atoms with Crippen LogP contribution in [0.4, 0.5) is 5.69 Å². The average Bonchev–Trinajstić information content (AvgIpc) is 3.38. The normalized spacial score (nSPS) is 13.6. The summed E-state index contributed by atoms with van der Waals surface area (Å²) in [6, 6.07) is 14.1. The second kappa shape index (κ2) is 8.09. The lowest BCUT2D eigenvalue weighted by atomic mass is 10.1. The Morgan fingerprint density at radius 3 is 2.38 bits per heavy atom. The number of hydrogen-bond acceptors (Lipinski definition) is 3. The molecule has 0 radical (unpaired) electrons. The quantitative estimate of drug-likeness (QED) is 0.515. The van der Waals surface area contributed by atoms with Gasteiger partial charge in [-0.15, -0.1) is 0 Å². The van der Waals surface area contributed by atoms with Crippen molar-refractivity contribution in [3.05, 3.63) is 65.3 Å². The molecule has 0 saturated carbocycles. The van der Waals surface area contributed by atoms with Crippen LogP contribution in [-0.4, -0.2) is 40.2 Å². The van der Waals surface area contributed by atoms with Gasteiger partial charge in [-0.2, -0.15) is 0 Å². The summed E-state index contributed by atoms with van der Waals surface area (Å²) >= 11 is 5.87. The van der Waals surface area contributed by atoms with E-state index in [2.05, 4.69) is 5.32 Å². The van der Waals surface area contributed by atoms with Gasteiger partial charge in [-0.1, -0.05) is 29.8 Å². The van der Waals surface area contributed by atoms with Gasteiger partial charge in [-0.3, -0.25) is 14.4 Å². The smallest absolute Gasteiger partial charge is 0.295 e. The number of Topliss-reactive ketones (excluding diaryl/α,β-unsaturated/α-hetero) is 1. The van der Waals surface area contributed by atoms with Crippen molar-refractivity contribution in [2.45, 2.75) is 19.4 Å². The van der Waals surface area contributed by atoms with E-state index in [-0.39, 0.29) is 12.5 Å². The predicted molar refractivity (Wildman–Crippen MR) is 112 cm³/mol. The molecule has 148 valence electrons. The van der Waals surface area contributed by atoms with E-state index in [9.17, 15) is 14.4 Å². The van der Waals surface area contributed by atoms with E-state index >= 15 is 0 Å². The lowest BCUT2D eigenvalue weighted by Gasteiger charge is -2.13. The fourth-order valence-corrected chi connectivity index (χ4v) is 3.75. The number of para-hydroxylation sites is 1. The van der Waals surface area contributed by atoms with Crippen LogP contribution in [0.5, 0.6) is 0 Å². The van der Waals surface area contributed by atoms with Gasteiger partial charge in [0.15, 0.2) is 0 Å². The van der Waals surface area contributed by atoms with Gasteiger partial charge in [-0.05, 0) is 43.2 Å². The number of hydrogen-bond donors (Lipinski definition) is 1. The molecule has 6 nitrogen and oxygen atoms in total. The third-order valence-corrected chi connectivity index (χ3v) is 5.31. The molecule has 29 heavy (non-hydrogen) atoms. The lowest BCUT2D eigenvalue weighted by Crippen LogP contribution is -2.34. The third-order valence-electron chi connectivity index (χ3n) is 5.06. The number of halogens is 1. The first-order chi connectivity index (χ1) is 14.0.